The maximum atomic E-state index is 12.7. The van der Waals surface area contributed by atoms with E-state index in [1.54, 1.807) is 48.5 Å². The number of carbonyl (C=O) groups is 2. The first-order valence-electron chi connectivity index (χ1n) is 10.9. The molecule has 1 aliphatic carbocycles. The van der Waals surface area contributed by atoms with Crippen LogP contribution in [0.5, 0.6) is 11.5 Å². The molecule has 3 aromatic rings. The molecule has 0 amide bonds. The first-order chi connectivity index (χ1) is 17.0. The van der Waals surface area contributed by atoms with Gasteiger partial charge in [-0.2, -0.15) is 0 Å². The fourth-order valence-corrected chi connectivity index (χ4v) is 4.11. The molecule has 0 atom stereocenters. The first kappa shape index (κ1) is 23.8. The molecule has 180 valence electrons. The lowest BCUT2D eigenvalue weighted by Gasteiger charge is -2.28. The zero-order valence-electron chi connectivity index (χ0n) is 19.4. The summed E-state index contributed by atoms with van der Waals surface area (Å²) in [6, 6.07) is 20.5. The van der Waals surface area contributed by atoms with Gasteiger partial charge in [-0.25, -0.2) is 9.59 Å². The molecule has 8 heteroatoms. The number of nitrogens with zero attached hydrogens (tertiary/aromatic N) is 1. The van der Waals surface area contributed by atoms with Gasteiger partial charge in [-0.3, -0.25) is 0 Å². The van der Waals surface area contributed by atoms with E-state index in [4.69, 9.17) is 18.9 Å². The number of hydrogen-bond donors (Lipinski definition) is 1. The van der Waals surface area contributed by atoms with E-state index < -0.39 is 17.4 Å². The minimum absolute atomic E-state index is 0.151. The molecule has 0 aliphatic heterocycles. The van der Waals surface area contributed by atoms with Crippen molar-refractivity contribution >= 4 is 17.7 Å². The van der Waals surface area contributed by atoms with E-state index >= 15 is 0 Å². The van der Waals surface area contributed by atoms with E-state index in [0.29, 0.717) is 34.8 Å². The number of oxime groups is 1. The number of esters is 2. The third-order valence-electron chi connectivity index (χ3n) is 6.01. The van der Waals surface area contributed by atoms with Gasteiger partial charge in [-0.1, -0.05) is 29.4 Å². The van der Waals surface area contributed by atoms with Crippen molar-refractivity contribution in [3.8, 4) is 11.5 Å². The molecule has 0 aromatic heterocycles. The van der Waals surface area contributed by atoms with Gasteiger partial charge in [0.2, 0.25) is 0 Å². The van der Waals surface area contributed by atoms with Crippen molar-refractivity contribution in [3.63, 3.8) is 0 Å². The van der Waals surface area contributed by atoms with Gasteiger partial charge in [-0.05, 0) is 60.5 Å². The summed E-state index contributed by atoms with van der Waals surface area (Å²) in [5.41, 5.74) is 1.56. The highest BCUT2D eigenvalue weighted by Crippen LogP contribution is 2.39. The van der Waals surface area contributed by atoms with Crippen LogP contribution in [-0.2, 0) is 15.9 Å². The summed E-state index contributed by atoms with van der Waals surface area (Å²) in [6.45, 7) is -0.302. The molecular formula is C27H25NO7. The van der Waals surface area contributed by atoms with E-state index in [9.17, 15) is 14.8 Å². The number of fused-ring (bicyclic) bond motifs is 1. The molecule has 1 aliphatic rings. The summed E-state index contributed by atoms with van der Waals surface area (Å²) in [7, 11) is 3.08. The molecule has 0 heterocycles. The van der Waals surface area contributed by atoms with Crippen LogP contribution in [0.15, 0.2) is 78.0 Å². The number of methoxy groups -OCH3 is 2. The van der Waals surface area contributed by atoms with Gasteiger partial charge in [0.25, 0.3) is 0 Å². The lowest BCUT2D eigenvalue weighted by Crippen LogP contribution is -2.40. The summed E-state index contributed by atoms with van der Waals surface area (Å²) in [6.07, 6.45) is 0.369. The lowest BCUT2D eigenvalue weighted by molar-refractivity contribution is 0.0149. The van der Waals surface area contributed by atoms with Crippen LogP contribution < -0.4 is 9.47 Å². The van der Waals surface area contributed by atoms with Crippen molar-refractivity contribution < 1.29 is 33.7 Å². The smallest absolute Gasteiger partial charge is 0.338 e. The molecule has 0 radical (unpaired) electrons. The average Bonchev–Trinajstić information content (AvgIpc) is 3.23. The van der Waals surface area contributed by atoms with Gasteiger partial charge < -0.3 is 24.2 Å². The molecule has 0 spiro atoms. The highest BCUT2D eigenvalue weighted by Gasteiger charge is 2.46. The molecule has 4 rings (SSSR count). The lowest BCUT2D eigenvalue weighted by atomic mass is 9.84. The van der Waals surface area contributed by atoms with Crippen molar-refractivity contribution in [3.05, 3.63) is 95.1 Å². The Morgan fingerprint density at radius 3 is 1.74 bits per heavy atom. The number of carbonyl (C=O) groups excluding carboxylic acids is 2. The van der Waals surface area contributed by atoms with E-state index in [1.165, 1.54) is 14.2 Å². The summed E-state index contributed by atoms with van der Waals surface area (Å²) in [5.74, 6) is 0.123. The molecule has 0 unspecified atom stereocenters. The van der Waals surface area contributed by atoms with Crippen LogP contribution in [0.2, 0.25) is 0 Å². The van der Waals surface area contributed by atoms with Crippen LogP contribution in [0.25, 0.3) is 0 Å². The maximum absolute atomic E-state index is 12.7. The minimum Gasteiger partial charge on any atom is -0.497 e. The average molecular weight is 475 g/mol. The normalized spacial score (nSPS) is 14.7. The predicted octanol–water partition coefficient (Wildman–Crippen LogP) is 4.14. The Morgan fingerprint density at radius 2 is 1.29 bits per heavy atom. The highest BCUT2D eigenvalue weighted by atomic mass is 16.5. The van der Waals surface area contributed by atoms with Crippen LogP contribution in [-0.4, -0.2) is 50.3 Å². The second-order valence-electron chi connectivity index (χ2n) is 8.17. The molecule has 3 aromatic carbocycles. The van der Waals surface area contributed by atoms with Gasteiger partial charge in [0.15, 0.2) is 0 Å². The van der Waals surface area contributed by atoms with E-state index in [2.05, 4.69) is 5.16 Å². The van der Waals surface area contributed by atoms with Crippen molar-refractivity contribution in [1.82, 2.24) is 0 Å². The third kappa shape index (κ3) is 4.96. The standard InChI is InChI=1S/C27H25NO7/c1-32-21-11-7-18(8-12-21)25(29)34-16-27(15-20-5-3-4-6-23(20)24(27)28-31)17-35-26(30)19-9-13-22(33-2)14-10-19/h3-14,31H,15-17H2,1-2H3/b28-24+. The van der Waals surface area contributed by atoms with Crippen LogP contribution >= 0.6 is 0 Å². The van der Waals surface area contributed by atoms with Gasteiger partial charge in [0, 0.05) is 5.56 Å². The summed E-state index contributed by atoms with van der Waals surface area (Å²) in [4.78, 5) is 25.5. The Kier molecular flexibility index (Phi) is 7.01. The largest absolute Gasteiger partial charge is 0.497 e. The number of benzene rings is 3. The van der Waals surface area contributed by atoms with Crippen LogP contribution in [0.3, 0.4) is 0 Å². The third-order valence-corrected chi connectivity index (χ3v) is 6.01. The van der Waals surface area contributed by atoms with Gasteiger partial charge in [0.05, 0.1) is 30.8 Å². The van der Waals surface area contributed by atoms with E-state index in [-0.39, 0.29) is 13.2 Å². The molecule has 0 bridgehead atoms. The van der Waals surface area contributed by atoms with Gasteiger partial charge >= 0.3 is 11.9 Å². The van der Waals surface area contributed by atoms with E-state index in [1.807, 2.05) is 24.3 Å². The summed E-state index contributed by atoms with van der Waals surface area (Å²) < 4.78 is 21.5. The van der Waals surface area contributed by atoms with Crippen LogP contribution in [0.1, 0.15) is 31.8 Å². The Labute approximate surface area is 202 Å². The molecule has 0 saturated carbocycles. The number of hydrogen-bond acceptors (Lipinski definition) is 8. The fourth-order valence-electron chi connectivity index (χ4n) is 4.11. The Morgan fingerprint density at radius 1 is 0.800 bits per heavy atom. The Hall–Kier alpha value is -4.33. The van der Waals surface area contributed by atoms with Gasteiger partial charge in [-0.15, -0.1) is 0 Å². The van der Waals surface area contributed by atoms with Crippen LogP contribution in [0.4, 0.5) is 0 Å². The topological polar surface area (TPSA) is 104 Å². The molecule has 8 nitrogen and oxygen atoms in total. The Balaban J connectivity index is 1.55. The highest BCUT2D eigenvalue weighted by molar-refractivity contribution is 6.09. The quantitative estimate of drug-likeness (QED) is 0.297. The van der Waals surface area contributed by atoms with E-state index in [0.717, 1.165) is 11.1 Å². The zero-order valence-corrected chi connectivity index (χ0v) is 19.4. The van der Waals surface area contributed by atoms with Crippen molar-refractivity contribution in [2.45, 2.75) is 6.42 Å². The Bertz CT molecular complexity index is 1170. The minimum atomic E-state index is -1.05. The molecule has 0 saturated heterocycles. The van der Waals surface area contributed by atoms with Crippen molar-refractivity contribution in [2.24, 2.45) is 10.6 Å². The first-order valence-corrected chi connectivity index (χ1v) is 10.9. The van der Waals surface area contributed by atoms with Crippen LogP contribution in [0, 0.1) is 5.41 Å². The molecule has 1 N–H and O–H groups in total. The summed E-state index contributed by atoms with van der Waals surface area (Å²) in [5, 5.41) is 13.4. The maximum Gasteiger partial charge on any atom is 0.338 e. The predicted molar refractivity (Wildman–Crippen MR) is 127 cm³/mol. The second kappa shape index (κ2) is 10.3. The number of rotatable bonds is 8. The van der Waals surface area contributed by atoms with Crippen molar-refractivity contribution in [2.75, 3.05) is 27.4 Å². The summed E-state index contributed by atoms with van der Waals surface area (Å²) >= 11 is 0. The zero-order chi connectivity index (χ0) is 24.8. The molecule has 0 fully saturated rings. The number of ether oxygens (including phenoxy) is 4. The van der Waals surface area contributed by atoms with Crippen molar-refractivity contribution in [1.29, 1.82) is 0 Å². The second-order valence-corrected chi connectivity index (χ2v) is 8.17. The SMILES string of the molecule is COc1ccc(C(=O)OCC2(COC(=O)c3ccc(OC)cc3)Cc3ccccc3/C2=N\O)cc1. The van der Waals surface area contributed by atoms with Gasteiger partial charge in [0.1, 0.15) is 30.4 Å². The fraction of sp³-hybridized carbons (Fsp3) is 0.222. The molecular weight excluding hydrogens is 450 g/mol. The monoisotopic (exact) mass is 475 g/mol. The molecule has 35 heavy (non-hydrogen) atoms.